The topological polar surface area (TPSA) is 32.3 Å². The number of fused-ring (bicyclic) bond motifs is 2. The van der Waals surface area contributed by atoms with Crippen LogP contribution in [0.15, 0.2) is 30.3 Å². The summed E-state index contributed by atoms with van der Waals surface area (Å²) in [5.74, 6) is 2.24. The number of carbonyl (C=O) groups is 1. The Morgan fingerprint density at radius 3 is 2.46 bits per heavy atom. The van der Waals surface area contributed by atoms with Crippen LogP contribution in [0.1, 0.15) is 63.4 Å². The van der Waals surface area contributed by atoms with Gasteiger partial charge < -0.3 is 10.2 Å². The highest BCUT2D eigenvalue weighted by Gasteiger charge is 2.36. The summed E-state index contributed by atoms with van der Waals surface area (Å²) < 4.78 is 0. The largest absolute Gasteiger partial charge is 0.342 e. The number of nitrogens with one attached hydrogen (secondary N) is 1. The van der Waals surface area contributed by atoms with Crippen LogP contribution in [0.25, 0.3) is 0 Å². The first-order valence-electron chi connectivity index (χ1n) is 10.3. The highest BCUT2D eigenvalue weighted by Crippen LogP contribution is 2.36. The highest BCUT2D eigenvalue weighted by atomic mass is 35.5. The van der Waals surface area contributed by atoms with Gasteiger partial charge in [-0.2, -0.15) is 0 Å². The van der Waals surface area contributed by atoms with Crippen molar-refractivity contribution in [1.82, 2.24) is 10.2 Å². The number of halogens is 1. The van der Waals surface area contributed by atoms with Gasteiger partial charge in [0.2, 0.25) is 5.91 Å². The van der Waals surface area contributed by atoms with Gasteiger partial charge in [0.25, 0.3) is 0 Å². The number of hydrogen-bond acceptors (Lipinski definition) is 2. The molecule has 3 aliphatic rings. The van der Waals surface area contributed by atoms with Crippen LogP contribution < -0.4 is 5.32 Å². The number of carbonyl (C=O) groups excluding carboxylic acids is 1. The lowest BCUT2D eigenvalue weighted by molar-refractivity contribution is -0.134. The molecule has 1 amide bonds. The van der Waals surface area contributed by atoms with Crippen molar-refractivity contribution in [3.63, 3.8) is 0 Å². The van der Waals surface area contributed by atoms with Crippen LogP contribution in [0.3, 0.4) is 0 Å². The van der Waals surface area contributed by atoms with Crippen molar-refractivity contribution in [3.8, 4) is 0 Å². The summed E-state index contributed by atoms with van der Waals surface area (Å²) in [6.45, 7) is 4.17. The summed E-state index contributed by atoms with van der Waals surface area (Å²) >= 11 is 0. The van der Waals surface area contributed by atoms with E-state index >= 15 is 0 Å². The molecule has 3 nitrogen and oxygen atoms in total. The Bertz CT molecular complexity index is 581. The molecule has 4 rings (SSSR count). The zero-order chi connectivity index (χ0) is 17.2. The van der Waals surface area contributed by atoms with Crippen LogP contribution in [-0.2, 0) is 4.79 Å². The third-order valence-corrected chi connectivity index (χ3v) is 6.87. The predicted molar refractivity (Wildman–Crippen MR) is 109 cm³/mol. The van der Waals surface area contributed by atoms with Crippen molar-refractivity contribution < 1.29 is 4.79 Å². The van der Waals surface area contributed by atoms with Gasteiger partial charge in [0.05, 0.1) is 0 Å². The second kappa shape index (κ2) is 8.75. The Kier molecular flexibility index (Phi) is 6.63. The number of rotatable bonds is 4. The van der Waals surface area contributed by atoms with Gasteiger partial charge in [-0.1, -0.05) is 43.7 Å². The van der Waals surface area contributed by atoms with Gasteiger partial charge in [0.15, 0.2) is 0 Å². The fourth-order valence-electron chi connectivity index (χ4n) is 5.53. The van der Waals surface area contributed by atoms with Crippen LogP contribution >= 0.6 is 12.4 Å². The van der Waals surface area contributed by atoms with E-state index in [1.165, 1.54) is 31.2 Å². The fraction of sp³-hybridized carbons (Fsp3) is 0.682. The molecule has 1 aromatic rings. The first-order chi connectivity index (χ1) is 12.2. The molecule has 0 aliphatic carbocycles. The van der Waals surface area contributed by atoms with E-state index in [4.69, 9.17) is 0 Å². The van der Waals surface area contributed by atoms with Gasteiger partial charge in [-0.15, -0.1) is 12.4 Å². The zero-order valence-electron chi connectivity index (χ0n) is 15.9. The third kappa shape index (κ3) is 4.26. The van der Waals surface area contributed by atoms with Gasteiger partial charge in [0, 0.05) is 31.6 Å². The molecule has 3 aliphatic heterocycles. The van der Waals surface area contributed by atoms with Gasteiger partial charge in [0.1, 0.15) is 0 Å². The number of benzene rings is 1. The first-order valence-corrected chi connectivity index (χ1v) is 10.3. The van der Waals surface area contributed by atoms with E-state index in [2.05, 4.69) is 47.5 Å². The van der Waals surface area contributed by atoms with E-state index in [1.54, 1.807) is 0 Å². The van der Waals surface area contributed by atoms with Crippen molar-refractivity contribution in [1.29, 1.82) is 0 Å². The standard InChI is InChI=1S/C22H32N2O.ClH/c1-2-17-15-24(11-10-21(17)18-6-4-3-5-7-18)22(25)14-16-12-19-8-9-20(13-16)23-19;/h3-7,16-17,19-21,23H,2,8-15H2,1H3;1H. The van der Waals surface area contributed by atoms with Gasteiger partial charge >= 0.3 is 0 Å². The summed E-state index contributed by atoms with van der Waals surface area (Å²) in [5.41, 5.74) is 1.45. The van der Waals surface area contributed by atoms with Gasteiger partial charge in [-0.05, 0) is 55.4 Å². The lowest BCUT2D eigenvalue weighted by Gasteiger charge is -2.39. The number of likely N-dealkylation sites (tertiary alicyclic amines) is 1. The minimum Gasteiger partial charge on any atom is -0.342 e. The number of hydrogen-bond donors (Lipinski definition) is 1. The Morgan fingerprint density at radius 2 is 1.81 bits per heavy atom. The van der Waals surface area contributed by atoms with Gasteiger partial charge in [-0.25, -0.2) is 0 Å². The molecule has 3 heterocycles. The second-order valence-corrected chi connectivity index (χ2v) is 8.49. The van der Waals surface area contributed by atoms with E-state index in [1.807, 2.05) is 0 Å². The van der Waals surface area contributed by atoms with E-state index in [-0.39, 0.29) is 12.4 Å². The van der Waals surface area contributed by atoms with Crippen molar-refractivity contribution in [2.75, 3.05) is 13.1 Å². The van der Waals surface area contributed by atoms with Crippen molar-refractivity contribution >= 4 is 18.3 Å². The molecule has 144 valence electrons. The molecular formula is C22H33ClN2O. The Morgan fingerprint density at radius 1 is 1.12 bits per heavy atom. The van der Waals surface area contributed by atoms with Crippen molar-refractivity contribution in [2.45, 2.75) is 69.9 Å². The minimum absolute atomic E-state index is 0. The summed E-state index contributed by atoms with van der Waals surface area (Å²) in [6, 6.07) is 12.3. The average molecular weight is 377 g/mol. The summed E-state index contributed by atoms with van der Waals surface area (Å²) in [4.78, 5) is 15.1. The molecule has 0 saturated carbocycles. The Labute approximate surface area is 164 Å². The fourth-order valence-corrected chi connectivity index (χ4v) is 5.53. The lowest BCUT2D eigenvalue weighted by atomic mass is 9.79. The molecule has 0 spiro atoms. The normalized spacial score (nSPS) is 33.6. The summed E-state index contributed by atoms with van der Waals surface area (Å²) in [7, 11) is 0. The monoisotopic (exact) mass is 376 g/mol. The molecule has 4 unspecified atom stereocenters. The van der Waals surface area contributed by atoms with E-state index < -0.39 is 0 Å². The molecule has 3 saturated heterocycles. The maximum Gasteiger partial charge on any atom is 0.222 e. The van der Waals surface area contributed by atoms with Crippen LogP contribution in [0.2, 0.25) is 0 Å². The minimum atomic E-state index is 0. The lowest BCUT2D eigenvalue weighted by Crippen LogP contribution is -2.45. The quantitative estimate of drug-likeness (QED) is 0.846. The second-order valence-electron chi connectivity index (χ2n) is 8.49. The smallest absolute Gasteiger partial charge is 0.222 e. The van der Waals surface area contributed by atoms with Gasteiger partial charge in [-0.3, -0.25) is 4.79 Å². The van der Waals surface area contributed by atoms with Crippen molar-refractivity contribution in [2.24, 2.45) is 11.8 Å². The number of nitrogens with zero attached hydrogens (tertiary/aromatic N) is 1. The maximum absolute atomic E-state index is 12.9. The van der Waals surface area contributed by atoms with E-state index in [0.717, 1.165) is 32.4 Å². The molecule has 2 bridgehead atoms. The van der Waals surface area contributed by atoms with E-state index in [9.17, 15) is 4.79 Å². The van der Waals surface area contributed by atoms with Crippen LogP contribution in [0.5, 0.6) is 0 Å². The molecule has 1 aromatic carbocycles. The Hall–Kier alpha value is -1.06. The molecule has 3 fully saturated rings. The van der Waals surface area contributed by atoms with Crippen LogP contribution in [0, 0.1) is 11.8 Å². The van der Waals surface area contributed by atoms with E-state index in [0.29, 0.717) is 35.7 Å². The molecule has 0 aromatic heterocycles. The Balaban J connectivity index is 0.00000196. The third-order valence-electron chi connectivity index (χ3n) is 6.87. The maximum atomic E-state index is 12.9. The number of amides is 1. The molecule has 4 heteroatoms. The average Bonchev–Trinajstić information content (AvgIpc) is 3.00. The molecule has 4 atom stereocenters. The van der Waals surface area contributed by atoms with Crippen molar-refractivity contribution in [3.05, 3.63) is 35.9 Å². The zero-order valence-corrected chi connectivity index (χ0v) is 16.7. The summed E-state index contributed by atoms with van der Waals surface area (Å²) in [6.07, 6.45) is 8.10. The summed E-state index contributed by atoms with van der Waals surface area (Å²) in [5, 5.41) is 3.69. The molecule has 1 N–H and O–H groups in total. The highest BCUT2D eigenvalue weighted by molar-refractivity contribution is 5.85. The van der Waals surface area contributed by atoms with Crippen LogP contribution in [0.4, 0.5) is 0 Å². The first kappa shape index (κ1) is 19.7. The number of piperidine rings is 2. The molecular weight excluding hydrogens is 344 g/mol. The molecule has 26 heavy (non-hydrogen) atoms. The molecule has 0 radical (unpaired) electrons. The van der Waals surface area contributed by atoms with Crippen LogP contribution in [-0.4, -0.2) is 36.0 Å². The SMILES string of the molecule is CCC1CN(C(=O)CC2CC3CCC(C2)N3)CCC1c1ccccc1.Cl. The predicted octanol–water partition coefficient (Wildman–Crippen LogP) is 4.37.